The van der Waals surface area contributed by atoms with Crippen molar-refractivity contribution in [2.75, 3.05) is 13.1 Å². The minimum Gasteiger partial charge on any atom is -0.248 e. The summed E-state index contributed by atoms with van der Waals surface area (Å²) in [7, 11) is -3.46. The normalized spacial score (nSPS) is 15.2. The molecule has 1 aromatic carbocycles. The number of tetrazole rings is 1. The van der Waals surface area contributed by atoms with Crippen molar-refractivity contribution < 1.29 is 8.42 Å². The van der Waals surface area contributed by atoms with Crippen LogP contribution in [0, 0.1) is 13.8 Å². The number of benzene rings is 1. The van der Waals surface area contributed by atoms with Gasteiger partial charge in [-0.05, 0) is 84.3 Å². The van der Waals surface area contributed by atoms with E-state index in [9.17, 15) is 8.42 Å². The molecule has 0 saturated carbocycles. The Bertz CT molecular complexity index is 1090. The van der Waals surface area contributed by atoms with E-state index in [0.717, 1.165) is 24.1 Å². The first-order chi connectivity index (χ1) is 13.4. The molecule has 8 nitrogen and oxygen atoms in total. The van der Waals surface area contributed by atoms with Gasteiger partial charge in [0.1, 0.15) is 9.92 Å². The Morgan fingerprint density at radius 3 is 2.50 bits per heavy atom. The van der Waals surface area contributed by atoms with E-state index in [1.54, 1.807) is 16.8 Å². The Morgan fingerprint density at radius 1 is 1.04 bits per heavy atom. The molecule has 4 rings (SSSR count). The van der Waals surface area contributed by atoms with E-state index in [1.807, 2.05) is 25.1 Å². The number of sulfonamides is 1. The van der Waals surface area contributed by atoms with Gasteiger partial charge in [0.2, 0.25) is 15.2 Å². The van der Waals surface area contributed by atoms with E-state index in [-0.39, 0.29) is 4.90 Å². The van der Waals surface area contributed by atoms with E-state index in [2.05, 4.69) is 27.4 Å². The minimum atomic E-state index is -3.46. The summed E-state index contributed by atoms with van der Waals surface area (Å²) in [5.74, 6) is 0. The van der Waals surface area contributed by atoms with Gasteiger partial charge in [-0.15, -0.1) is 5.10 Å². The van der Waals surface area contributed by atoms with Crippen LogP contribution in [0.3, 0.4) is 0 Å². The second kappa shape index (κ2) is 7.61. The molecular formula is C18H20N6O2S2. The van der Waals surface area contributed by atoms with Gasteiger partial charge in [0.25, 0.3) is 0 Å². The lowest BCUT2D eigenvalue weighted by molar-refractivity contribution is 0.477. The summed E-state index contributed by atoms with van der Waals surface area (Å²) in [5, 5.41) is 13.1. The molecule has 146 valence electrons. The fraction of sp³-hybridized carbons (Fsp3) is 0.333. The van der Waals surface area contributed by atoms with Gasteiger partial charge in [0.05, 0.1) is 5.69 Å². The molecule has 1 saturated heterocycles. The zero-order valence-corrected chi connectivity index (χ0v) is 17.2. The van der Waals surface area contributed by atoms with Crippen LogP contribution in [-0.4, -0.2) is 51.0 Å². The average molecular weight is 417 g/mol. The maximum atomic E-state index is 12.6. The van der Waals surface area contributed by atoms with E-state index in [0.29, 0.717) is 23.3 Å². The molecule has 10 heteroatoms. The Kier molecular flexibility index (Phi) is 5.17. The molecule has 0 unspecified atom stereocenters. The van der Waals surface area contributed by atoms with Gasteiger partial charge >= 0.3 is 0 Å². The van der Waals surface area contributed by atoms with Crippen molar-refractivity contribution in [3.8, 4) is 5.69 Å². The van der Waals surface area contributed by atoms with E-state index in [1.165, 1.54) is 27.8 Å². The Labute approximate surface area is 168 Å². The van der Waals surface area contributed by atoms with Gasteiger partial charge in [-0.3, -0.25) is 0 Å². The number of nitrogens with zero attached hydrogens (tertiary/aromatic N) is 6. The lowest BCUT2D eigenvalue weighted by Gasteiger charge is -2.15. The van der Waals surface area contributed by atoms with Gasteiger partial charge in [-0.25, -0.2) is 13.4 Å². The van der Waals surface area contributed by atoms with Gasteiger partial charge in [-0.2, -0.15) is 8.99 Å². The van der Waals surface area contributed by atoms with Crippen LogP contribution < -0.4 is 0 Å². The van der Waals surface area contributed by atoms with Crippen LogP contribution in [0.15, 0.2) is 51.6 Å². The smallest absolute Gasteiger partial charge is 0.244 e. The van der Waals surface area contributed by atoms with Crippen LogP contribution in [-0.2, 0) is 10.0 Å². The third-order valence-electron chi connectivity index (χ3n) is 4.78. The number of aromatic nitrogens is 5. The summed E-state index contributed by atoms with van der Waals surface area (Å²) in [5.41, 5.74) is 3.21. The number of rotatable bonds is 5. The van der Waals surface area contributed by atoms with Gasteiger partial charge in [-0.1, -0.05) is 6.07 Å². The minimum absolute atomic E-state index is 0.215. The Morgan fingerprint density at radius 2 is 1.82 bits per heavy atom. The lowest BCUT2D eigenvalue weighted by Crippen LogP contribution is -2.27. The van der Waals surface area contributed by atoms with Gasteiger partial charge in [0, 0.05) is 19.3 Å². The molecular weight excluding hydrogens is 396 g/mol. The zero-order valence-electron chi connectivity index (χ0n) is 15.6. The summed E-state index contributed by atoms with van der Waals surface area (Å²) in [6.07, 6.45) is 3.21. The van der Waals surface area contributed by atoms with Gasteiger partial charge in [0.15, 0.2) is 0 Å². The van der Waals surface area contributed by atoms with Crippen LogP contribution in [0.25, 0.3) is 5.69 Å². The highest BCUT2D eigenvalue weighted by atomic mass is 32.2. The van der Waals surface area contributed by atoms with E-state index in [4.69, 9.17) is 0 Å². The van der Waals surface area contributed by atoms with Crippen molar-refractivity contribution in [3.63, 3.8) is 0 Å². The van der Waals surface area contributed by atoms with Gasteiger partial charge < -0.3 is 0 Å². The Hall–Kier alpha value is -2.30. The molecule has 1 fully saturated rings. The van der Waals surface area contributed by atoms with Crippen LogP contribution in [0.5, 0.6) is 0 Å². The third kappa shape index (κ3) is 3.67. The molecule has 0 bridgehead atoms. The van der Waals surface area contributed by atoms with Crippen LogP contribution in [0.2, 0.25) is 0 Å². The van der Waals surface area contributed by atoms with Crippen LogP contribution >= 0.6 is 11.8 Å². The SMILES string of the molecule is Cc1ccc(-n2nnnc2Sc2ccc(S(=O)(=O)N3CCCC3)cn2)cc1C. The topological polar surface area (TPSA) is 93.9 Å². The first-order valence-electron chi connectivity index (χ1n) is 8.95. The van der Waals surface area contributed by atoms with Crippen molar-refractivity contribution >= 4 is 21.8 Å². The fourth-order valence-corrected chi connectivity index (χ4v) is 5.21. The fourth-order valence-electron chi connectivity index (χ4n) is 3.01. The summed E-state index contributed by atoms with van der Waals surface area (Å²) in [6, 6.07) is 9.29. The number of hydrogen-bond donors (Lipinski definition) is 0. The second-order valence-electron chi connectivity index (χ2n) is 6.69. The van der Waals surface area contributed by atoms with Crippen molar-refractivity contribution in [2.24, 2.45) is 0 Å². The summed E-state index contributed by atoms with van der Waals surface area (Å²) < 4.78 is 28.4. The summed E-state index contributed by atoms with van der Waals surface area (Å²) in [4.78, 5) is 4.52. The molecule has 28 heavy (non-hydrogen) atoms. The standard InChI is InChI=1S/C18H20N6O2S2/c1-13-5-6-15(11-14(13)2)24-18(20-21-22-24)27-17-8-7-16(12-19-17)28(25,26)23-9-3-4-10-23/h5-8,11-12H,3-4,9-10H2,1-2H3. The monoisotopic (exact) mass is 416 g/mol. The third-order valence-corrected chi connectivity index (χ3v) is 7.55. The first kappa shape index (κ1) is 19.0. The summed E-state index contributed by atoms with van der Waals surface area (Å²) in [6.45, 7) is 5.24. The highest BCUT2D eigenvalue weighted by molar-refractivity contribution is 7.99. The van der Waals surface area contributed by atoms with Crippen LogP contribution in [0.4, 0.5) is 0 Å². The quantitative estimate of drug-likeness (QED) is 0.631. The number of hydrogen-bond acceptors (Lipinski definition) is 7. The molecule has 0 aliphatic carbocycles. The molecule has 0 amide bonds. The molecule has 0 atom stereocenters. The highest BCUT2D eigenvalue weighted by Crippen LogP contribution is 2.27. The number of pyridine rings is 1. The molecule has 3 heterocycles. The van der Waals surface area contributed by atoms with Crippen molar-refractivity contribution in [2.45, 2.75) is 41.8 Å². The van der Waals surface area contributed by atoms with Crippen LogP contribution in [0.1, 0.15) is 24.0 Å². The van der Waals surface area contributed by atoms with Crippen molar-refractivity contribution in [1.82, 2.24) is 29.5 Å². The van der Waals surface area contributed by atoms with Crippen molar-refractivity contribution in [3.05, 3.63) is 47.7 Å². The largest absolute Gasteiger partial charge is 0.248 e. The lowest BCUT2D eigenvalue weighted by atomic mass is 10.1. The van der Waals surface area contributed by atoms with E-state index >= 15 is 0 Å². The first-order valence-corrected chi connectivity index (χ1v) is 11.2. The van der Waals surface area contributed by atoms with E-state index < -0.39 is 10.0 Å². The molecule has 0 N–H and O–H groups in total. The Balaban J connectivity index is 1.56. The molecule has 0 spiro atoms. The molecule has 0 radical (unpaired) electrons. The maximum absolute atomic E-state index is 12.6. The average Bonchev–Trinajstić information content (AvgIpc) is 3.37. The highest BCUT2D eigenvalue weighted by Gasteiger charge is 2.27. The predicted molar refractivity (Wildman–Crippen MR) is 105 cm³/mol. The summed E-state index contributed by atoms with van der Waals surface area (Å²) >= 11 is 1.28. The second-order valence-corrected chi connectivity index (χ2v) is 9.61. The number of aryl methyl sites for hydroxylation is 2. The zero-order chi connectivity index (χ0) is 19.7. The molecule has 1 aliphatic rings. The predicted octanol–water partition coefficient (Wildman–Crippen LogP) is 2.61. The maximum Gasteiger partial charge on any atom is 0.244 e. The molecule has 1 aliphatic heterocycles. The van der Waals surface area contributed by atoms with Crippen molar-refractivity contribution in [1.29, 1.82) is 0 Å². The molecule has 2 aromatic heterocycles. The molecule has 3 aromatic rings.